The molecule has 1 aromatic carbocycles. The zero-order valence-corrected chi connectivity index (χ0v) is 10.8. The number of aryl methyl sites for hydroxylation is 1. The molecule has 2 rings (SSSR count). The number of aliphatic hydroxyl groups is 1. The number of amides is 1. The van der Waals surface area contributed by atoms with Crippen molar-refractivity contribution < 1.29 is 19.4 Å². The number of aliphatic hydroxyl groups excluding tert-OH is 1. The molecule has 5 heteroatoms. The molecule has 0 aromatic heterocycles. The molecule has 5 nitrogen and oxygen atoms in total. The lowest BCUT2D eigenvalue weighted by atomic mass is 9.99. The Kier molecular flexibility index (Phi) is 3.43. The number of fused-ring (bicyclic) bond motifs is 1. The molecule has 1 amide bonds. The second-order valence-electron chi connectivity index (χ2n) is 4.39. The van der Waals surface area contributed by atoms with Crippen LogP contribution in [0.1, 0.15) is 24.1 Å². The van der Waals surface area contributed by atoms with Gasteiger partial charge in [0.15, 0.2) is 11.5 Å². The Balaban J connectivity index is 2.39. The summed E-state index contributed by atoms with van der Waals surface area (Å²) < 4.78 is 10.6. The summed E-state index contributed by atoms with van der Waals surface area (Å²) >= 11 is 0. The van der Waals surface area contributed by atoms with Crippen LogP contribution in [0.2, 0.25) is 0 Å². The smallest absolute Gasteiger partial charge is 0.231 e. The monoisotopic (exact) mass is 251 g/mol. The quantitative estimate of drug-likeness (QED) is 0.878. The van der Waals surface area contributed by atoms with Crippen LogP contribution in [0.4, 0.5) is 0 Å². The standard InChI is InChI=1S/C13H17NO4/c1-8-4-12-13(18-7-17-12)5-10(8)11(6-15)14(3)9(2)16/h4-5,11,15H,6-7H2,1-3H3. The third-order valence-corrected chi connectivity index (χ3v) is 3.26. The van der Waals surface area contributed by atoms with Crippen LogP contribution < -0.4 is 9.47 Å². The number of likely N-dealkylation sites (N-methyl/N-ethyl adjacent to an activating group) is 1. The highest BCUT2D eigenvalue weighted by atomic mass is 16.7. The number of hydrogen-bond acceptors (Lipinski definition) is 4. The van der Waals surface area contributed by atoms with Crippen LogP contribution >= 0.6 is 0 Å². The van der Waals surface area contributed by atoms with E-state index in [2.05, 4.69) is 0 Å². The zero-order valence-electron chi connectivity index (χ0n) is 10.8. The lowest BCUT2D eigenvalue weighted by Gasteiger charge is -2.27. The van der Waals surface area contributed by atoms with E-state index < -0.39 is 0 Å². The molecule has 1 atom stereocenters. The lowest BCUT2D eigenvalue weighted by molar-refractivity contribution is -0.130. The SMILES string of the molecule is CC(=O)N(C)C(CO)c1cc2c(cc1C)OCO2. The molecule has 0 saturated heterocycles. The Morgan fingerprint density at radius 2 is 2.06 bits per heavy atom. The predicted octanol–water partition coefficient (Wildman–Crippen LogP) is 1.24. The summed E-state index contributed by atoms with van der Waals surface area (Å²) in [6.45, 7) is 3.49. The Morgan fingerprint density at radius 1 is 1.44 bits per heavy atom. The highest BCUT2D eigenvalue weighted by Crippen LogP contribution is 2.37. The van der Waals surface area contributed by atoms with Gasteiger partial charge in [-0.2, -0.15) is 0 Å². The van der Waals surface area contributed by atoms with Gasteiger partial charge in [0.2, 0.25) is 12.7 Å². The Hall–Kier alpha value is -1.75. The summed E-state index contributed by atoms with van der Waals surface area (Å²) in [6.07, 6.45) is 0. The fourth-order valence-electron chi connectivity index (χ4n) is 2.07. The van der Waals surface area contributed by atoms with Crippen molar-refractivity contribution in [3.05, 3.63) is 23.3 Å². The third kappa shape index (κ3) is 2.13. The zero-order chi connectivity index (χ0) is 13.3. The maximum absolute atomic E-state index is 11.4. The van der Waals surface area contributed by atoms with Crippen molar-refractivity contribution in [2.45, 2.75) is 19.9 Å². The average molecular weight is 251 g/mol. The maximum Gasteiger partial charge on any atom is 0.231 e. The van der Waals surface area contributed by atoms with Crippen molar-refractivity contribution in [2.75, 3.05) is 20.4 Å². The van der Waals surface area contributed by atoms with Gasteiger partial charge in [0.1, 0.15) is 0 Å². The van der Waals surface area contributed by atoms with Crippen LogP contribution in [-0.2, 0) is 4.79 Å². The van der Waals surface area contributed by atoms with Gasteiger partial charge in [-0.1, -0.05) is 0 Å². The van der Waals surface area contributed by atoms with Gasteiger partial charge in [-0.3, -0.25) is 4.79 Å². The molecule has 1 aliphatic heterocycles. The predicted molar refractivity (Wildman–Crippen MR) is 65.6 cm³/mol. The van der Waals surface area contributed by atoms with Crippen molar-refractivity contribution in [2.24, 2.45) is 0 Å². The minimum Gasteiger partial charge on any atom is -0.454 e. The average Bonchev–Trinajstić information content (AvgIpc) is 2.76. The molecular formula is C13H17NO4. The fourth-order valence-corrected chi connectivity index (χ4v) is 2.07. The molecule has 0 bridgehead atoms. The maximum atomic E-state index is 11.4. The second kappa shape index (κ2) is 4.86. The minimum absolute atomic E-state index is 0.0916. The summed E-state index contributed by atoms with van der Waals surface area (Å²) in [5.41, 5.74) is 1.84. The molecular weight excluding hydrogens is 234 g/mol. The first-order valence-corrected chi connectivity index (χ1v) is 5.79. The molecule has 98 valence electrons. The highest BCUT2D eigenvalue weighted by molar-refractivity contribution is 5.73. The number of benzene rings is 1. The van der Waals surface area contributed by atoms with Gasteiger partial charge in [-0.25, -0.2) is 0 Å². The summed E-state index contributed by atoms with van der Waals surface area (Å²) in [6, 6.07) is 3.34. The van der Waals surface area contributed by atoms with Crippen molar-refractivity contribution in [1.82, 2.24) is 4.90 Å². The van der Waals surface area contributed by atoms with E-state index in [0.717, 1.165) is 11.1 Å². The van der Waals surface area contributed by atoms with Gasteiger partial charge in [0.25, 0.3) is 0 Å². The highest BCUT2D eigenvalue weighted by Gasteiger charge is 2.24. The molecule has 0 saturated carbocycles. The van der Waals surface area contributed by atoms with E-state index in [-0.39, 0.29) is 25.3 Å². The molecule has 0 spiro atoms. The first-order valence-electron chi connectivity index (χ1n) is 5.79. The van der Waals surface area contributed by atoms with E-state index in [0.29, 0.717) is 11.5 Å². The number of rotatable bonds is 3. The van der Waals surface area contributed by atoms with Crippen LogP contribution in [0.25, 0.3) is 0 Å². The van der Waals surface area contributed by atoms with Crippen LogP contribution in [-0.4, -0.2) is 36.4 Å². The van der Waals surface area contributed by atoms with Gasteiger partial charge in [0, 0.05) is 14.0 Å². The normalized spacial score (nSPS) is 14.4. The molecule has 1 heterocycles. The second-order valence-corrected chi connectivity index (χ2v) is 4.39. The molecule has 1 aromatic rings. The number of hydrogen-bond donors (Lipinski definition) is 1. The van der Waals surface area contributed by atoms with E-state index >= 15 is 0 Å². The topological polar surface area (TPSA) is 59.0 Å². The molecule has 1 aliphatic rings. The first-order chi connectivity index (χ1) is 8.54. The largest absolute Gasteiger partial charge is 0.454 e. The van der Waals surface area contributed by atoms with E-state index in [4.69, 9.17) is 9.47 Å². The van der Waals surface area contributed by atoms with E-state index in [1.165, 1.54) is 11.8 Å². The van der Waals surface area contributed by atoms with Crippen molar-refractivity contribution >= 4 is 5.91 Å². The minimum atomic E-state index is -0.364. The van der Waals surface area contributed by atoms with Crippen LogP contribution in [0, 0.1) is 6.92 Å². The van der Waals surface area contributed by atoms with Crippen LogP contribution in [0.5, 0.6) is 11.5 Å². The summed E-state index contributed by atoms with van der Waals surface area (Å²) in [5, 5.41) is 9.51. The van der Waals surface area contributed by atoms with Gasteiger partial charge in [-0.15, -0.1) is 0 Å². The molecule has 1 N–H and O–H groups in total. The number of carbonyl (C=O) groups excluding carboxylic acids is 1. The Labute approximate surface area is 106 Å². The molecule has 1 unspecified atom stereocenters. The van der Waals surface area contributed by atoms with Crippen LogP contribution in [0.3, 0.4) is 0 Å². The van der Waals surface area contributed by atoms with Gasteiger partial charge >= 0.3 is 0 Å². The van der Waals surface area contributed by atoms with Crippen molar-refractivity contribution in [3.8, 4) is 11.5 Å². The molecule has 0 aliphatic carbocycles. The van der Waals surface area contributed by atoms with Crippen molar-refractivity contribution in [3.63, 3.8) is 0 Å². The molecule has 0 radical (unpaired) electrons. The number of nitrogens with zero attached hydrogens (tertiary/aromatic N) is 1. The lowest BCUT2D eigenvalue weighted by Crippen LogP contribution is -2.31. The summed E-state index contributed by atoms with van der Waals surface area (Å²) in [5.74, 6) is 1.27. The van der Waals surface area contributed by atoms with Gasteiger partial charge in [0.05, 0.1) is 12.6 Å². The number of ether oxygens (including phenoxy) is 2. The fraction of sp³-hybridized carbons (Fsp3) is 0.462. The van der Waals surface area contributed by atoms with Crippen molar-refractivity contribution in [1.29, 1.82) is 0 Å². The van der Waals surface area contributed by atoms with Gasteiger partial charge in [-0.05, 0) is 30.2 Å². The van der Waals surface area contributed by atoms with Crippen LogP contribution in [0.15, 0.2) is 12.1 Å². The summed E-state index contributed by atoms with van der Waals surface area (Å²) in [7, 11) is 1.67. The van der Waals surface area contributed by atoms with E-state index in [9.17, 15) is 9.90 Å². The first kappa shape index (κ1) is 12.7. The molecule has 0 fully saturated rings. The number of carbonyl (C=O) groups is 1. The van der Waals surface area contributed by atoms with Gasteiger partial charge < -0.3 is 19.5 Å². The Bertz CT molecular complexity index is 472. The summed E-state index contributed by atoms with van der Waals surface area (Å²) in [4.78, 5) is 12.9. The molecule has 18 heavy (non-hydrogen) atoms. The third-order valence-electron chi connectivity index (χ3n) is 3.26. The van der Waals surface area contributed by atoms with E-state index in [1.54, 1.807) is 7.05 Å². The Morgan fingerprint density at radius 3 is 2.61 bits per heavy atom. The van der Waals surface area contributed by atoms with E-state index in [1.807, 2.05) is 19.1 Å².